The predicted molar refractivity (Wildman–Crippen MR) is 64.0 cm³/mol. The number of rotatable bonds is 3. The van der Waals surface area contributed by atoms with E-state index >= 15 is 0 Å². The largest absolute Gasteiger partial charge is 0.353 e. The van der Waals surface area contributed by atoms with Crippen molar-refractivity contribution < 1.29 is 13.2 Å². The fourth-order valence-corrected chi connectivity index (χ4v) is 4.53. The number of amides is 1. The summed E-state index contributed by atoms with van der Waals surface area (Å²) in [6.07, 6.45) is 1.15. The maximum absolute atomic E-state index is 12.4. The number of piperazine rings is 1. The highest BCUT2D eigenvalue weighted by Crippen LogP contribution is 2.20. The highest BCUT2D eigenvalue weighted by atomic mass is 32.2. The van der Waals surface area contributed by atoms with Crippen molar-refractivity contribution in [2.75, 3.05) is 26.2 Å². The minimum Gasteiger partial charge on any atom is -0.353 e. The van der Waals surface area contributed by atoms with E-state index in [-0.39, 0.29) is 11.2 Å². The Hall–Kier alpha value is -0.660. The van der Waals surface area contributed by atoms with Crippen LogP contribution in [0.5, 0.6) is 0 Å². The van der Waals surface area contributed by atoms with Crippen LogP contribution in [0.1, 0.15) is 19.8 Å². The van der Waals surface area contributed by atoms with Crippen LogP contribution in [0.2, 0.25) is 0 Å². The monoisotopic (exact) mass is 261 g/mol. The summed E-state index contributed by atoms with van der Waals surface area (Å²) in [7, 11) is -3.35. The van der Waals surface area contributed by atoms with Gasteiger partial charge in [-0.05, 0) is 19.4 Å². The lowest BCUT2D eigenvalue weighted by atomic mass is 10.2. The Bertz CT molecular complexity index is 390. The van der Waals surface area contributed by atoms with Gasteiger partial charge in [0.1, 0.15) is 6.04 Å². The zero-order valence-electron chi connectivity index (χ0n) is 9.98. The van der Waals surface area contributed by atoms with Gasteiger partial charge in [-0.25, -0.2) is 8.42 Å². The van der Waals surface area contributed by atoms with Gasteiger partial charge < -0.3 is 10.6 Å². The van der Waals surface area contributed by atoms with Crippen molar-refractivity contribution in [3.8, 4) is 0 Å². The topological polar surface area (TPSA) is 78.5 Å². The molecule has 0 aromatic rings. The number of hydrogen-bond acceptors (Lipinski definition) is 4. The van der Waals surface area contributed by atoms with Crippen molar-refractivity contribution >= 4 is 15.9 Å². The van der Waals surface area contributed by atoms with Gasteiger partial charge in [0.2, 0.25) is 15.9 Å². The lowest BCUT2D eigenvalue weighted by Gasteiger charge is -2.35. The van der Waals surface area contributed by atoms with Crippen LogP contribution < -0.4 is 10.6 Å². The maximum Gasteiger partial charge on any atom is 0.238 e. The molecule has 2 fully saturated rings. The van der Waals surface area contributed by atoms with Crippen molar-refractivity contribution in [2.45, 2.75) is 31.1 Å². The van der Waals surface area contributed by atoms with Gasteiger partial charge in [-0.1, -0.05) is 6.92 Å². The van der Waals surface area contributed by atoms with Crippen LogP contribution in [-0.4, -0.2) is 56.1 Å². The summed E-state index contributed by atoms with van der Waals surface area (Å²) in [6.45, 7) is 3.88. The zero-order valence-corrected chi connectivity index (χ0v) is 10.8. The number of sulfonamides is 1. The van der Waals surface area contributed by atoms with E-state index in [4.69, 9.17) is 0 Å². The first kappa shape index (κ1) is 12.8. The van der Waals surface area contributed by atoms with E-state index in [0.29, 0.717) is 32.5 Å². The molecule has 7 heteroatoms. The lowest BCUT2D eigenvalue weighted by molar-refractivity contribution is -0.126. The number of carbonyl (C=O) groups is 1. The van der Waals surface area contributed by atoms with Crippen LogP contribution in [0, 0.1) is 0 Å². The number of nitrogens with zero attached hydrogens (tertiary/aromatic N) is 1. The van der Waals surface area contributed by atoms with E-state index < -0.39 is 16.1 Å². The average molecular weight is 261 g/mol. The van der Waals surface area contributed by atoms with Crippen LogP contribution in [0.4, 0.5) is 0 Å². The Morgan fingerprint density at radius 3 is 2.76 bits per heavy atom. The fraction of sp³-hybridized carbons (Fsp3) is 0.900. The van der Waals surface area contributed by atoms with Crippen LogP contribution in [0.15, 0.2) is 0 Å². The van der Waals surface area contributed by atoms with E-state index in [9.17, 15) is 13.2 Å². The molecular formula is C10H19N3O3S. The molecule has 0 radical (unpaired) electrons. The molecule has 2 saturated heterocycles. The van der Waals surface area contributed by atoms with Gasteiger partial charge in [0, 0.05) is 19.6 Å². The molecule has 0 spiro atoms. The summed E-state index contributed by atoms with van der Waals surface area (Å²) in [5.74, 6) is -0.173. The maximum atomic E-state index is 12.4. The summed E-state index contributed by atoms with van der Waals surface area (Å²) >= 11 is 0. The van der Waals surface area contributed by atoms with Crippen LogP contribution in [0.25, 0.3) is 0 Å². The van der Waals surface area contributed by atoms with Crippen molar-refractivity contribution in [1.29, 1.82) is 0 Å². The van der Waals surface area contributed by atoms with Crippen molar-refractivity contribution in [3.63, 3.8) is 0 Å². The molecule has 2 aliphatic heterocycles. The molecule has 0 aromatic carbocycles. The van der Waals surface area contributed by atoms with Gasteiger partial charge in [0.05, 0.1) is 5.25 Å². The van der Waals surface area contributed by atoms with Gasteiger partial charge in [-0.15, -0.1) is 0 Å². The predicted octanol–water partition coefficient (Wildman–Crippen LogP) is -1.11. The Labute approximate surface area is 102 Å². The summed E-state index contributed by atoms with van der Waals surface area (Å²) in [5.41, 5.74) is 0. The molecule has 0 aliphatic carbocycles. The lowest BCUT2D eigenvalue weighted by Crippen LogP contribution is -2.58. The summed E-state index contributed by atoms with van der Waals surface area (Å²) in [6, 6.07) is -0.533. The molecule has 2 N–H and O–H groups in total. The standard InChI is InChI=1S/C10H19N3O3S/c1-2-9-10(14)12-5-6-13(9)17(15,16)8-3-4-11-7-8/h8-9,11H,2-7H2,1H3,(H,12,14). The highest BCUT2D eigenvalue weighted by Gasteiger charge is 2.41. The molecule has 0 bridgehead atoms. The molecule has 98 valence electrons. The van der Waals surface area contributed by atoms with Gasteiger partial charge in [-0.2, -0.15) is 4.31 Å². The molecule has 2 rings (SSSR count). The minimum absolute atomic E-state index is 0.173. The molecule has 2 heterocycles. The van der Waals surface area contributed by atoms with E-state index in [0.717, 1.165) is 6.54 Å². The van der Waals surface area contributed by atoms with Crippen molar-refractivity contribution in [3.05, 3.63) is 0 Å². The second-order valence-electron chi connectivity index (χ2n) is 4.49. The van der Waals surface area contributed by atoms with Crippen LogP contribution in [-0.2, 0) is 14.8 Å². The van der Waals surface area contributed by atoms with E-state index in [2.05, 4.69) is 10.6 Å². The third-order valence-corrected chi connectivity index (χ3v) is 5.77. The Kier molecular flexibility index (Phi) is 3.70. The first-order valence-corrected chi connectivity index (χ1v) is 7.56. The van der Waals surface area contributed by atoms with Gasteiger partial charge in [0.15, 0.2) is 0 Å². The first-order valence-electron chi connectivity index (χ1n) is 6.06. The Morgan fingerprint density at radius 1 is 1.41 bits per heavy atom. The minimum atomic E-state index is -3.35. The average Bonchev–Trinajstić information content (AvgIpc) is 2.82. The molecule has 2 aliphatic rings. The van der Waals surface area contributed by atoms with Crippen LogP contribution >= 0.6 is 0 Å². The van der Waals surface area contributed by atoms with Crippen LogP contribution in [0.3, 0.4) is 0 Å². The molecule has 0 saturated carbocycles. The van der Waals surface area contributed by atoms with E-state index in [1.54, 1.807) is 0 Å². The summed E-state index contributed by atoms with van der Waals surface area (Å²) < 4.78 is 26.2. The molecule has 2 unspecified atom stereocenters. The third-order valence-electron chi connectivity index (χ3n) is 3.43. The second-order valence-corrected chi connectivity index (χ2v) is 6.65. The number of hydrogen-bond donors (Lipinski definition) is 2. The molecule has 1 amide bonds. The zero-order chi connectivity index (χ0) is 12.5. The molecule has 6 nitrogen and oxygen atoms in total. The van der Waals surface area contributed by atoms with E-state index in [1.807, 2.05) is 6.92 Å². The van der Waals surface area contributed by atoms with Gasteiger partial charge in [-0.3, -0.25) is 4.79 Å². The molecule has 17 heavy (non-hydrogen) atoms. The normalized spacial score (nSPS) is 31.5. The quantitative estimate of drug-likeness (QED) is 0.675. The smallest absolute Gasteiger partial charge is 0.238 e. The SMILES string of the molecule is CCC1C(=O)NCCN1S(=O)(=O)C1CCNC1. The van der Waals surface area contributed by atoms with Gasteiger partial charge >= 0.3 is 0 Å². The molecule has 0 aromatic heterocycles. The fourth-order valence-electron chi connectivity index (χ4n) is 2.46. The second kappa shape index (κ2) is 4.91. The van der Waals surface area contributed by atoms with Crippen molar-refractivity contribution in [2.24, 2.45) is 0 Å². The summed E-state index contributed by atoms with van der Waals surface area (Å²) in [4.78, 5) is 11.7. The highest BCUT2D eigenvalue weighted by molar-refractivity contribution is 7.89. The van der Waals surface area contributed by atoms with E-state index in [1.165, 1.54) is 4.31 Å². The number of carbonyl (C=O) groups excluding carboxylic acids is 1. The molecular weight excluding hydrogens is 242 g/mol. The first-order chi connectivity index (χ1) is 8.07. The van der Waals surface area contributed by atoms with Gasteiger partial charge in [0.25, 0.3) is 0 Å². The molecule has 2 atom stereocenters. The third kappa shape index (κ3) is 2.31. The summed E-state index contributed by atoms with van der Waals surface area (Å²) in [5, 5.41) is 5.40. The number of nitrogens with one attached hydrogen (secondary N) is 2. The van der Waals surface area contributed by atoms with Crippen molar-refractivity contribution in [1.82, 2.24) is 14.9 Å². The Morgan fingerprint density at radius 2 is 2.18 bits per heavy atom. The Balaban J connectivity index is 2.21.